The van der Waals surface area contributed by atoms with Gasteiger partial charge in [-0.25, -0.2) is 9.88 Å². The summed E-state index contributed by atoms with van der Waals surface area (Å²) in [7, 11) is 0. The van der Waals surface area contributed by atoms with Crippen LogP contribution in [0.15, 0.2) is 48.7 Å². The third kappa shape index (κ3) is 2.69. The number of hydrogen-bond acceptors (Lipinski definition) is 7. The quantitative estimate of drug-likeness (QED) is 0.545. The van der Waals surface area contributed by atoms with Crippen molar-refractivity contribution >= 4 is 34.0 Å². The third-order valence-corrected chi connectivity index (χ3v) is 8.49. The van der Waals surface area contributed by atoms with Gasteiger partial charge in [0.05, 0.1) is 11.5 Å². The van der Waals surface area contributed by atoms with Crippen molar-refractivity contribution in [2.45, 2.75) is 42.7 Å². The van der Waals surface area contributed by atoms with E-state index in [1.807, 2.05) is 47.4 Å². The lowest BCUT2D eigenvalue weighted by molar-refractivity contribution is -0.232. The molecule has 1 saturated carbocycles. The number of nitrogens with zero attached hydrogens (tertiary/aromatic N) is 2. The predicted octanol–water partition coefficient (Wildman–Crippen LogP) is 4.06. The van der Waals surface area contributed by atoms with Crippen molar-refractivity contribution in [3.05, 3.63) is 69.7 Å². The maximum atomic E-state index is 13.3. The largest absolute Gasteiger partial charge is 0.433 e. The Hall–Kier alpha value is -2.65. The first-order chi connectivity index (χ1) is 16.0. The Morgan fingerprint density at radius 1 is 1.18 bits per heavy atom. The van der Waals surface area contributed by atoms with Crippen LogP contribution in [-0.2, 0) is 10.2 Å². The first kappa shape index (κ1) is 19.8. The van der Waals surface area contributed by atoms with Gasteiger partial charge in [-0.15, -0.1) is 0 Å². The van der Waals surface area contributed by atoms with E-state index in [1.54, 1.807) is 6.20 Å². The maximum Gasteiger partial charge on any atom is 0.344 e. The van der Waals surface area contributed by atoms with E-state index >= 15 is 0 Å². The van der Waals surface area contributed by atoms with E-state index in [1.165, 1.54) is 11.3 Å². The molecule has 3 aromatic rings. The van der Waals surface area contributed by atoms with Crippen LogP contribution >= 0.6 is 22.9 Å². The van der Waals surface area contributed by atoms with Crippen molar-refractivity contribution in [2.75, 3.05) is 11.9 Å². The molecule has 5 bridgehead atoms. The summed E-state index contributed by atoms with van der Waals surface area (Å²) in [5, 5.41) is 15.3. The highest BCUT2D eigenvalue weighted by Gasteiger charge is 2.61. The summed E-state index contributed by atoms with van der Waals surface area (Å²) < 4.78 is 12.8. The molecule has 2 N–H and O–H groups in total. The Bertz CT molecular complexity index is 1310. The molecule has 1 saturated heterocycles. The standard InChI is InChI=1S/C24H20ClN3O4S/c25-15-4-2-1-3-14(15)20-18-12-26-22(33-18)27-21(30)23(8-9-23)13-5-6-16-17(11-13)32-24(31-16)19(29)7-10-28(20)24/h1-6,11-12,19-20,29H,7-10H2,(H,26,27,30)/t19-,20?,24?/m0/s1. The number of rotatable bonds is 1. The fraction of sp³-hybridized carbons (Fsp3) is 0.333. The molecule has 168 valence electrons. The van der Waals surface area contributed by atoms with Crippen LogP contribution in [0.4, 0.5) is 5.13 Å². The molecule has 2 aromatic carbocycles. The van der Waals surface area contributed by atoms with Crippen molar-refractivity contribution in [3.8, 4) is 11.5 Å². The molecule has 7 rings (SSSR count). The Morgan fingerprint density at radius 3 is 2.82 bits per heavy atom. The number of carbonyl (C=O) groups is 1. The van der Waals surface area contributed by atoms with Gasteiger partial charge in [-0.05, 0) is 48.6 Å². The monoisotopic (exact) mass is 481 g/mol. The molecule has 1 amide bonds. The maximum absolute atomic E-state index is 13.3. The van der Waals surface area contributed by atoms with Crippen LogP contribution in [0.1, 0.15) is 41.3 Å². The lowest BCUT2D eigenvalue weighted by Crippen LogP contribution is -2.58. The van der Waals surface area contributed by atoms with Crippen molar-refractivity contribution in [2.24, 2.45) is 0 Å². The fourth-order valence-electron chi connectivity index (χ4n) is 5.29. The molecule has 4 aliphatic rings. The molecule has 3 atom stereocenters. The average Bonchev–Trinajstić information content (AvgIpc) is 3.20. The number of ether oxygens (including phenoxy) is 2. The summed E-state index contributed by atoms with van der Waals surface area (Å²) in [6, 6.07) is 12.9. The van der Waals surface area contributed by atoms with Crippen LogP contribution < -0.4 is 14.8 Å². The number of benzene rings is 2. The predicted molar refractivity (Wildman–Crippen MR) is 123 cm³/mol. The van der Waals surface area contributed by atoms with Crippen molar-refractivity contribution in [1.82, 2.24) is 9.88 Å². The van der Waals surface area contributed by atoms with Gasteiger partial charge in [0.25, 0.3) is 0 Å². The molecule has 1 aromatic heterocycles. The zero-order chi connectivity index (χ0) is 22.4. The minimum atomic E-state index is -1.39. The van der Waals surface area contributed by atoms with Gasteiger partial charge in [-0.1, -0.05) is 47.2 Å². The molecule has 0 radical (unpaired) electrons. The summed E-state index contributed by atoms with van der Waals surface area (Å²) >= 11 is 8.06. The summed E-state index contributed by atoms with van der Waals surface area (Å²) in [6.45, 7) is 0.529. The van der Waals surface area contributed by atoms with Crippen molar-refractivity contribution < 1.29 is 19.4 Å². The second-order valence-electron chi connectivity index (χ2n) is 9.02. The Morgan fingerprint density at radius 2 is 2.00 bits per heavy atom. The fourth-order valence-corrected chi connectivity index (χ4v) is 6.47. The van der Waals surface area contributed by atoms with E-state index < -0.39 is 17.4 Å². The Balaban J connectivity index is 1.46. The van der Waals surface area contributed by atoms with E-state index in [0.717, 1.165) is 28.8 Å². The minimum absolute atomic E-state index is 0.0638. The molecule has 1 aliphatic carbocycles. The highest BCUT2D eigenvalue weighted by Crippen LogP contribution is 2.55. The van der Waals surface area contributed by atoms with Crippen LogP contribution in [0.2, 0.25) is 5.02 Å². The number of thiazole rings is 1. The molecule has 9 heteroatoms. The van der Waals surface area contributed by atoms with Gasteiger partial charge in [0.2, 0.25) is 5.91 Å². The van der Waals surface area contributed by atoms with Crippen LogP contribution in [-0.4, -0.2) is 39.5 Å². The highest BCUT2D eigenvalue weighted by atomic mass is 35.5. The SMILES string of the molecule is O=C1Nc2ncc(s2)C(c2ccccc2Cl)N2CC[C@H](O)C23Oc2ccc(cc2O3)C12CC2. The number of anilines is 1. The minimum Gasteiger partial charge on any atom is -0.433 e. The highest BCUT2D eigenvalue weighted by molar-refractivity contribution is 7.15. The van der Waals surface area contributed by atoms with Gasteiger partial charge in [0, 0.05) is 22.6 Å². The van der Waals surface area contributed by atoms with Gasteiger partial charge in [-0.3, -0.25) is 4.79 Å². The second-order valence-corrected chi connectivity index (χ2v) is 10.5. The topological polar surface area (TPSA) is 83.9 Å². The molecule has 2 spiro atoms. The molecule has 2 unspecified atom stereocenters. The summed E-state index contributed by atoms with van der Waals surface area (Å²) in [4.78, 5) is 20.7. The van der Waals surface area contributed by atoms with Gasteiger partial charge >= 0.3 is 5.91 Å². The van der Waals surface area contributed by atoms with Crippen LogP contribution in [0, 0.1) is 0 Å². The number of nitrogens with one attached hydrogen (secondary N) is 1. The van der Waals surface area contributed by atoms with Gasteiger partial charge in [-0.2, -0.15) is 0 Å². The number of fused-ring (bicyclic) bond motifs is 4. The smallest absolute Gasteiger partial charge is 0.344 e. The summed E-state index contributed by atoms with van der Waals surface area (Å²) in [5.74, 6) is -0.359. The lowest BCUT2D eigenvalue weighted by atomic mass is 9.94. The molecular weight excluding hydrogens is 462 g/mol. The van der Waals surface area contributed by atoms with E-state index in [2.05, 4.69) is 10.3 Å². The van der Waals surface area contributed by atoms with Crippen molar-refractivity contribution in [3.63, 3.8) is 0 Å². The number of carbonyl (C=O) groups excluding carboxylic acids is 1. The number of aromatic nitrogens is 1. The van der Waals surface area contributed by atoms with Crippen LogP contribution in [0.25, 0.3) is 0 Å². The molecule has 3 aliphatic heterocycles. The van der Waals surface area contributed by atoms with Crippen LogP contribution in [0.5, 0.6) is 11.5 Å². The third-order valence-electron chi connectivity index (χ3n) is 7.18. The zero-order valence-corrected chi connectivity index (χ0v) is 19.0. The van der Waals surface area contributed by atoms with E-state index in [4.69, 9.17) is 21.1 Å². The van der Waals surface area contributed by atoms with Gasteiger partial charge in [0.1, 0.15) is 6.10 Å². The number of aliphatic hydroxyl groups excluding tert-OH is 1. The number of amides is 1. The van der Waals surface area contributed by atoms with Crippen molar-refractivity contribution in [1.29, 1.82) is 0 Å². The summed E-state index contributed by atoms with van der Waals surface area (Å²) in [5.41, 5.74) is 1.15. The number of halogens is 1. The van der Waals surface area contributed by atoms with E-state index in [-0.39, 0.29) is 11.9 Å². The molecule has 2 fully saturated rings. The zero-order valence-electron chi connectivity index (χ0n) is 17.5. The Labute approximate surface area is 198 Å². The molecule has 4 heterocycles. The van der Waals surface area contributed by atoms with Gasteiger partial charge < -0.3 is 19.9 Å². The molecular formula is C24H20ClN3O4S. The first-order valence-electron chi connectivity index (χ1n) is 11.0. The van der Waals surface area contributed by atoms with E-state index in [9.17, 15) is 9.90 Å². The number of aliphatic hydroxyl groups is 1. The van der Waals surface area contributed by atoms with E-state index in [0.29, 0.717) is 34.6 Å². The normalized spacial score (nSPS) is 28.8. The number of hydrogen-bond donors (Lipinski definition) is 2. The lowest BCUT2D eigenvalue weighted by Gasteiger charge is -2.39. The average molecular weight is 482 g/mol. The Kier molecular flexibility index (Phi) is 4.02. The summed E-state index contributed by atoms with van der Waals surface area (Å²) in [6.07, 6.45) is 2.90. The van der Waals surface area contributed by atoms with Gasteiger partial charge in [0.15, 0.2) is 16.6 Å². The van der Waals surface area contributed by atoms with Crippen LogP contribution in [0.3, 0.4) is 0 Å². The molecule has 7 nitrogen and oxygen atoms in total. The second kappa shape index (κ2) is 6.70. The molecule has 33 heavy (non-hydrogen) atoms. The first-order valence-corrected chi connectivity index (χ1v) is 12.2.